The molecule has 0 spiro atoms. The number of hydrogen-bond donors (Lipinski definition) is 1. The van der Waals surface area contributed by atoms with E-state index in [0.717, 1.165) is 12.8 Å². The molecule has 2 heteroatoms. The van der Waals surface area contributed by atoms with Crippen molar-refractivity contribution in [3.05, 3.63) is 0 Å². The van der Waals surface area contributed by atoms with Crippen LogP contribution in [0, 0.1) is 5.92 Å². The molecule has 10 heavy (non-hydrogen) atoms. The third-order valence-corrected chi connectivity index (χ3v) is 2.85. The molecule has 0 aromatic rings. The third-order valence-electron chi connectivity index (χ3n) is 2.85. The van der Waals surface area contributed by atoms with Gasteiger partial charge in [-0.2, -0.15) is 0 Å². The van der Waals surface area contributed by atoms with E-state index >= 15 is 0 Å². The molecule has 0 unspecified atom stereocenters. The molecule has 1 N–H and O–H groups in total. The van der Waals surface area contributed by atoms with Crippen LogP contribution in [0.2, 0.25) is 0 Å². The van der Waals surface area contributed by atoms with Gasteiger partial charge in [0.1, 0.15) is 5.78 Å². The van der Waals surface area contributed by atoms with Crippen molar-refractivity contribution >= 4 is 5.78 Å². The van der Waals surface area contributed by atoms with Gasteiger partial charge in [0.25, 0.3) is 0 Å². The average Bonchev–Trinajstić information content (AvgIpc) is 1.91. The fraction of sp³-hybridized carbons (Fsp3) is 0.875. The summed E-state index contributed by atoms with van der Waals surface area (Å²) in [6.45, 7) is 2.18. The molecule has 3 rings (SSSR count). The number of Topliss-reactive ketones (excluding diaryl/α,β-unsaturated/α-hetero) is 1. The van der Waals surface area contributed by atoms with Crippen LogP contribution >= 0.6 is 0 Å². The molecule has 2 saturated heterocycles. The van der Waals surface area contributed by atoms with Crippen molar-refractivity contribution in [1.82, 2.24) is 5.32 Å². The molecule has 1 aliphatic carbocycles. The Bertz CT molecular complexity index is 167. The van der Waals surface area contributed by atoms with Crippen LogP contribution in [0.3, 0.4) is 0 Å². The molecule has 3 fully saturated rings. The summed E-state index contributed by atoms with van der Waals surface area (Å²) in [5.41, 5.74) is 0. The van der Waals surface area contributed by atoms with Crippen molar-refractivity contribution in [2.45, 2.75) is 38.3 Å². The van der Waals surface area contributed by atoms with E-state index < -0.39 is 0 Å². The highest BCUT2D eigenvalue weighted by molar-refractivity contribution is 5.85. The number of nitrogens with one attached hydrogen (secondary N) is 1. The SMILES string of the molecule is C[C@H]1N[C@H]2CC[C@@H]1CC2=O. The molecular formula is C8H13NO. The van der Waals surface area contributed by atoms with Crippen molar-refractivity contribution in [3.63, 3.8) is 0 Å². The highest BCUT2D eigenvalue weighted by Crippen LogP contribution is 2.30. The first-order valence-electron chi connectivity index (χ1n) is 4.06. The Morgan fingerprint density at radius 3 is 2.60 bits per heavy atom. The lowest BCUT2D eigenvalue weighted by Gasteiger charge is -2.40. The Morgan fingerprint density at radius 2 is 2.30 bits per heavy atom. The molecule has 2 aliphatic heterocycles. The second-order valence-electron chi connectivity index (χ2n) is 3.52. The largest absolute Gasteiger partial charge is 0.305 e. The quantitative estimate of drug-likeness (QED) is 0.535. The Kier molecular flexibility index (Phi) is 1.31. The maximum absolute atomic E-state index is 11.1. The first kappa shape index (κ1) is 6.35. The smallest absolute Gasteiger partial charge is 0.150 e. The van der Waals surface area contributed by atoms with Crippen LogP contribution in [-0.4, -0.2) is 17.9 Å². The average molecular weight is 139 g/mol. The minimum Gasteiger partial charge on any atom is -0.305 e. The number of fused-ring (bicyclic) bond motifs is 3. The van der Waals surface area contributed by atoms with Gasteiger partial charge in [-0.15, -0.1) is 0 Å². The highest BCUT2D eigenvalue weighted by Gasteiger charge is 2.37. The lowest BCUT2D eigenvalue weighted by Crippen LogP contribution is -2.55. The number of piperidine rings is 2. The van der Waals surface area contributed by atoms with Gasteiger partial charge >= 0.3 is 0 Å². The lowest BCUT2D eigenvalue weighted by molar-refractivity contribution is -0.127. The van der Waals surface area contributed by atoms with Crippen LogP contribution in [0.5, 0.6) is 0 Å². The molecule has 3 atom stereocenters. The summed E-state index contributed by atoms with van der Waals surface area (Å²) in [5, 5.41) is 3.32. The Labute approximate surface area is 61.0 Å². The van der Waals surface area contributed by atoms with Crippen molar-refractivity contribution in [2.75, 3.05) is 0 Å². The highest BCUT2D eigenvalue weighted by atomic mass is 16.1. The monoisotopic (exact) mass is 139 g/mol. The van der Waals surface area contributed by atoms with Gasteiger partial charge in [0, 0.05) is 12.5 Å². The Balaban J connectivity index is 2.16. The van der Waals surface area contributed by atoms with E-state index in [1.807, 2.05) is 0 Å². The second kappa shape index (κ2) is 2.06. The zero-order valence-corrected chi connectivity index (χ0v) is 6.26. The summed E-state index contributed by atoms with van der Waals surface area (Å²) >= 11 is 0. The Morgan fingerprint density at radius 1 is 1.50 bits per heavy atom. The van der Waals surface area contributed by atoms with Gasteiger partial charge in [-0.3, -0.25) is 4.79 Å². The molecule has 2 nitrogen and oxygen atoms in total. The topological polar surface area (TPSA) is 29.1 Å². The van der Waals surface area contributed by atoms with Crippen molar-refractivity contribution in [1.29, 1.82) is 0 Å². The first-order valence-corrected chi connectivity index (χ1v) is 4.06. The maximum Gasteiger partial charge on any atom is 0.150 e. The minimum absolute atomic E-state index is 0.208. The van der Waals surface area contributed by atoms with E-state index in [9.17, 15) is 4.79 Å². The summed E-state index contributed by atoms with van der Waals surface area (Å²) in [6, 6.07) is 0.788. The summed E-state index contributed by atoms with van der Waals surface area (Å²) in [6.07, 6.45) is 3.16. The molecule has 3 aliphatic rings. The summed E-state index contributed by atoms with van der Waals surface area (Å²) < 4.78 is 0. The van der Waals surface area contributed by atoms with Gasteiger partial charge in [0.2, 0.25) is 0 Å². The molecular weight excluding hydrogens is 126 g/mol. The van der Waals surface area contributed by atoms with E-state index in [2.05, 4.69) is 12.2 Å². The van der Waals surface area contributed by atoms with Gasteiger partial charge < -0.3 is 5.32 Å². The zero-order valence-electron chi connectivity index (χ0n) is 6.26. The minimum atomic E-state index is 0.208. The van der Waals surface area contributed by atoms with Crippen LogP contribution in [-0.2, 0) is 4.79 Å². The van der Waals surface area contributed by atoms with Crippen LogP contribution < -0.4 is 5.32 Å². The predicted molar refractivity (Wildman–Crippen MR) is 38.7 cm³/mol. The van der Waals surface area contributed by atoms with Crippen LogP contribution in [0.1, 0.15) is 26.2 Å². The zero-order chi connectivity index (χ0) is 7.14. The predicted octanol–water partition coefficient (Wildman–Crippen LogP) is 0.716. The molecule has 0 aromatic heterocycles. The number of hydrogen-bond acceptors (Lipinski definition) is 2. The van der Waals surface area contributed by atoms with Crippen molar-refractivity contribution in [3.8, 4) is 0 Å². The molecule has 0 amide bonds. The molecule has 0 radical (unpaired) electrons. The fourth-order valence-electron chi connectivity index (χ4n) is 2.10. The molecule has 2 heterocycles. The van der Waals surface area contributed by atoms with Gasteiger partial charge in [-0.1, -0.05) is 0 Å². The van der Waals surface area contributed by atoms with Crippen LogP contribution in [0.25, 0.3) is 0 Å². The van der Waals surface area contributed by atoms with E-state index in [4.69, 9.17) is 0 Å². The number of rotatable bonds is 0. The van der Waals surface area contributed by atoms with E-state index in [1.165, 1.54) is 6.42 Å². The second-order valence-corrected chi connectivity index (χ2v) is 3.52. The van der Waals surface area contributed by atoms with E-state index in [1.54, 1.807) is 0 Å². The van der Waals surface area contributed by atoms with E-state index in [0.29, 0.717) is 17.7 Å². The molecule has 1 saturated carbocycles. The summed E-state index contributed by atoms with van der Waals surface area (Å²) in [7, 11) is 0. The molecule has 0 aromatic carbocycles. The fourth-order valence-corrected chi connectivity index (χ4v) is 2.10. The maximum atomic E-state index is 11.1. The molecule has 2 bridgehead atoms. The Hall–Kier alpha value is -0.370. The van der Waals surface area contributed by atoms with Gasteiger partial charge in [0.15, 0.2) is 0 Å². The normalized spacial score (nSPS) is 46.1. The summed E-state index contributed by atoms with van der Waals surface area (Å²) in [4.78, 5) is 11.1. The van der Waals surface area contributed by atoms with Crippen molar-refractivity contribution in [2.24, 2.45) is 5.92 Å². The standard InChI is InChI=1S/C8H13NO/c1-5-6-2-3-7(9-5)8(10)4-6/h5-7,9H,2-4H2,1H3/t5-,6-,7+/m1/s1. The van der Waals surface area contributed by atoms with Gasteiger partial charge in [-0.25, -0.2) is 0 Å². The van der Waals surface area contributed by atoms with Gasteiger partial charge in [-0.05, 0) is 25.7 Å². The number of carbonyl (C=O) groups excluding carboxylic acids is 1. The van der Waals surface area contributed by atoms with Crippen LogP contribution in [0.4, 0.5) is 0 Å². The van der Waals surface area contributed by atoms with Crippen molar-refractivity contribution < 1.29 is 4.79 Å². The lowest BCUT2D eigenvalue weighted by atomic mass is 9.76. The van der Waals surface area contributed by atoms with Gasteiger partial charge in [0.05, 0.1) is 6.04 Å². The molecule has 56 valence electrons. The van der Waals surface area contributed by atoms with E-state index in [-0.39, 0.29) is 6.04 Å². The number of ketones is 1. The summed E-state index contributed by atoms with van der Waals surface area (Å²) in [5.74, 6) is 1.08. The third kappa shape index (κ3) is 0.788. The number of carbonyl (C=O) groups is 1. The van der Waals surface area contributed by atoms with Crippen LogP contribution in [0.15, 0.2) is 0 Å². The first-order chi connectivity index (χ1) is 4.77.